The molecule has 1 N–H and O–H groups in total. The van der Waals surface area contributed by atoms with E-state index in [1.165, 1.54) is 13.0 Å². The average molecular weight is 160 g/mol. The summed E-state index contributed by atoms with van der Waals surface area (Å²) in [5.41, 5.74) is 1.72. The molecule has 0 aliphatic carbocycles. The molecule has 0 aliphatic rings. The lowest BCUT2D eigenvalue weighted by Crippen LogP contribution is -2.05. The Hall–Kier alpha value is -1.57. The van der Waals surface area contributed by atoms with Gasteiger partial charge in [-0.05, 0) is 17.7 Å². The lowest BCUT2D eigenvalue weighted by Gasteiger charge is -2.00. The number of amides is 1. The Kier molecular flexibility index (Phi) is 2.64. The summed E-state index contributed by atoms with van der Waals surface area (Å²) < 4.78 is 0. The van der Waals surface area contributed by atoms with Crippen molar-refractivity contribution in [2.24, 2.45) is 0 Å². The molecule has 1 aromatic rings. The van der Waals surface area contributed by atoms with Gasteiger partial charge in [0.25, 0.3) is 0 Å². The summed E-state index contributed by atoms with van der Waals surface area (Å²) in [6.07, 6.45) is 1.51. The third-order valence-electron chi connectivity index (χ3n) is 1.42. The first-order chi connectivity index (χ1) is 5.72. The van der Waals surface area contributed by atoms with Crippen LogP contribution in [0.3, 0.4) is 0 Å². The van der Waals surface area contributed by atoms with Gasteiger partial charge in [0, 0.05) is 12.6 Å². The maximum Gasteiger partial charge on any atom is 0.221 e. The number of benzene rings is 1. The third-order valence-corrected chi connectivity index (χ3v) is 1.42. The molecule has 0 atom stereocenters. The number of hydrogen-bond donors (Lipinski definition) is 1. The zero-order valence-corrected chi connectivity index (χ0v) is 6.87. The Morgan fingerprint density at radius 2 is 2.00 bits per heavy atom. The predicted octanol–water partition coefficient (Wildman–Crippen LogP) is 2.09. The fourth-order valence-electron chi connectivity index (χ4n) is 0.881. The van der Waals surface area contributed by atoms with Crippen molar-refractivity contribution < 1.29 is 4.79 Å². The lowest BCUT2D eigenvalue weighted by atomic mass is 10.2. The van der Waals surface area contributed by atoms with Gasteiger partial charge >= 0.3 is 0 Å². The summed E-state index contributed by atoms with van der Waals surface area (Å²) in [4.78, 5) is 10.6. The SMILES string of the molecule is [CH]=Cc1ccc(NC(C)=O)cc1. The van der Waals surface area contributed by atoms with Crippen LogP contribution in [0.2, 0.25) is 0 Å². The van der Waals surface area contributed by atoms with Crippen molar-refractivity contribution in [2.75, 3.05) is 5.32 Å². The molecule has 0 aromatic heterocycles. The standard InChI is InChI=1S/C10H10NO/c1-3-9-4-6-10(7-5-9)11-8(2)12/h1,3-7H,2H3,(H,11,12). The Morgan fingerprint density at radius 1 is 1.42 bits per heavy atom. The monoisotopic (exact) mass is 160 g/mol. The van der Waals surface area contributed by atoms with E-state index >= 15 is 0 Å². The van der Waals surface area contributed by atoms with Crippen molar-refractivity contribution >= 4 is 17.7 Å². The summed E-state index contributed by atoms with van der Waals surface area (Å²) in [5, 5.41) is 2.66. The summed E-state index contributed by atoms with van der Waals surface area (Å²) >= 11 is 0. The molecular formula is C10H10NO. The number of nitrogens with one attached hydrogen (secondary N) is 1. The van der Waals surface area contributed by atoms with E-state index in [4.69, 9.17) is 6.58 Å². The summed E-state index contributed by atoms with van der Waals surface area (Å²) in [7, 11) is 0. The van der Waals surface area contributed by atoms with Crippen LogP contribution >= 0.6 is 0 Å². The largest absolute Gasteiger partial charge is 0.326 e. The van der Waals surface area contributed by atoms with Gasteiger partial charge in [-0.15, -0.1) is 0 Å². The lowest BCUT2D eigenvalue weighted by molar-refractivity contribution is -0.114. The molecule has 1 aromatic carbocycles. The highest BCUT2D eigenvalue weighted by Crippen LogP contribution is 2.09. The van der Waals surface area contributed by atoms with Gasteiger partial charge in [-0.3, -0.25) is 4.79 Å². The van der Waals surface area contributed by atoms with Gasteiger partial charge in [-0.2, -0.15) is 0 Å². The van der Waals surface area contributed by atoms with Gasteiger partial charge in [0.05, 0.1) is 0 Å². The highest BCUT2D eigenvalue weighted by molar-refractivity contribution is 5.88. The molecule has 12 heavy (non-hydrogen) atoms. The van der Waals surface area contributed by atoms with Crippen molar-refractivity contribution in [3.63, 3.8) is 0 Å². The van der Waals surface area contributed by atoms with Gasteiger partial charge in [-0.25, -0.2) is 0 Å². The molecule has 0 unspecified atom stereocenters. The highest BCUT2D eigenvalue weighted by Gasteiger charge is 1.93. The molecule has 61 valence electrons. The Bertz CT molecular complexity index is 287. The van der Waals surface area contributed by atoms with Crippen LogP contribution in [0.25, 0.3) is 6.08 Å². The van der Waals surface area contributed by atoms with E-state index in [0.29, 0.717) is 0 Å². The zero-order valence-electron chi connectivity index (χ0n) is 6.87. The zero-order chi connectivity index (χ0) is 8.97. The van der Waals surface area contributed by atoms with E-state index in [-0.39, 0.29) is 5.91 Å². The molecule has 1 radical (unpaired) electrons. The Labute approximate surface area is 71.9 Å². The first-order valence-corrected chi connectivity index (χ1v) is 3.65. The predicted molar refractivity (Wildman–Crippen MR) is 49.5 cm³/mol. The summed E-state index contributed by atoms with van der Waals surface area (Å²) in [5.74, 6) is -0.0699. The fraction of sp³-hybridized carbons (Fsp3) is 0.100. The van der Waals surface area contributed by atoms with E-state index in [9.17, 15) is 4.79 Å². The van der Waals surface area contributed by atoms with Crippen LogP contribution in [0.5, 0.6) is 0 Å². The molecule has 0 saturated heterocycles. The second-order valence-electron chi connectivity index (χ2n) is 2.47. The van der Waals surface area contributed by atoms with Crippen molar-refractivity contribution in [3.8, 4) is 0 Å². The van der Waals surface area contributed by atoms with Gasteiger partial charge < -0.3 is 5.32 Å². The number of hydrogen-bond acceptors (Lipinski definition) is 1. The van der Waals surface area contributed by atoms with E-state index in [0.717, 1.165) is 11.3 Å². The molecule has 0 saturated carbocycles. The number of rotatable bonds is 2. The molecule has 2 heteroatoms. The number of anilines is 1. The molecule has 0 aliphatic heterocycles. The number of carbonyl (C=O) groups is 1. The van der Waals surface area contributed by atoms with Gasteiger partial charge in [0.1, 0.15) is 0 Å². The van der Waals surface area contributed by atoms with Crippen LogP contribution in [-0.2, 0) is 4.79 Å². The van der Waals surface area contributed by atoms with E-state index in [1.54, 1.807) is 12.1 Å². The number of carbonyl (C=O) groups excluding carboxylic acids is 1. The third kappa shape index (κ3) is 2.23. The second kappa shape index (κ2) is 3.72. The van der Waals surface area contributed by atoms with E-state index < -0.39 is 0 Å². The van der Waals surface area contributed by atoms with E-state index in [2.05, 4.69) is 5.32 Å². The van der Waals surface area contributed by atoms with Crippen LogP contribution in [-0.4, -0.2) is 5.91 Å². The molecule has 2 nitrogen and oxygen atoms in total. The fourth-order valence-corrected chi connectivity index (χ4v) is 0.881. The Morgan fingerprint density at radius 3 is 2.42 bits per heavy atom. The van der Waals surface area contributed by atoms with Gasteiger partial charge in [0.15, 0.2) is 0 Å². The second-order valence-corrected chi connectivity index (χ2v) is 2.47. The molecule has 0 spiro atoms. The van der Waals surface area contributed by atoms with Gasteiger partial charge in [0.2, 0.25) is 5.91 Å². The van der Waals surface area contributed by atoms with Crippen molar-refractivity contribution in [2.45, 2.75) is 6.92 Å². The minimum Gasteiger partial charge on any atom is -0.326 e. The topological polar surface area (TPSA) is 29.1 Å². The first kappa shape index (κ1) is 8.53. The van der Waals surface area contributed by atoms with Crippen LogP contribution < -0.4 is 5.32 Å². The maximum absolute atomic E-state index is 10.6. The molecule has 0 fully saturated rings. The minimum atomic E-state index is -0.0699. The van der Waals surface area contributed by atoms with Gasteiger partial charge in [-0.1, -0.05) is 24.8 Å². The van der Waals surface area contributed by atoms with Crippen LogP contribution in [0.1, 0.15) is 12.5 Å². The summed E-state index contributed by atoms with van der Waals surface area (Å²) in [6.45, 7) is 6.76. The molecule has 1 rings (SSSR count). The van der Waals surface area contributed by atoms with Crippen LogP contribution in [0, 0.1) is 6.58 Å². The van der Waals surface area contributed by atoms with Crippen molar-refractivity contribution in [1.82, 2.24) is 0 Å². The smallest absolute Gasteiger partial charge is 0.221 e. The van der Waals surface area contributed by atoms with Crippen LogP contribution in [0.4, 0.5) is 5.69 Å². The normalized spacial score (nSPS) is 9.08. The van der Waals surface area contributed by atoms with E-state index in [1.807, 2.05) is 12.1 Å². The van der Waals surface area contributed by atoms with Crippen LogP contribution in [0.15, 0.2) is 24.3 Å². The van der Waals surface area contributed by atoms with Crippen molar-refractivity contribution in [3.05, 3.63) is 36.4 Å². The average Bonchev–Trinajstić information content (AvgIpc) is 2.05. The molecule has 0 bridgehead atoms. The summed E-state index contributed by atoms with van der Waals surface area (Å²) in [6, 6.07) is 7.29. The molecular weight excluding hydrogens is 150 g/mol. The molecule has 1 amide bonds. The Balaban J connectivity index is 2.77. The maximum atomic E-state index is 10.6. The minimum absolute atomic E-state index is 0.0699. The highest BCUT2D eigenvalue weighted by atomic mass is 16.1. The molecule has 0 heterocycles. The first-order valence-electron chi connectivity index (χ1n) is 3.65. The quantitative estimate of drug-likeness (QED) is 0.705. The van der Waals surface area contributed by atoms with Crippen molar-refractivity contribution in [1.29, 1.82) is 0 Å².